The summed E-state index contributed by atoms with van der Waals surface area (Å²) in [6, 6.07) is 12.4. The summed E-state index contributed by atoms with van der Waals surface area (Å²) in [6.45, 7) is 4.27. The van der Waals surface area contributed by atoms with Crippen molar-refractivity contribution in [2.24, 2.45) is 0 Å². The van der Waals surface area contributed by atoms with E-state index in [2.05, 4.69) is 13.8 Å². The SMILES string of the molecule is CCC1(C)c2cc(O)ccc2OC1c1ccc(O)cc1. The summed E-state index contributed by atoms with van der Waals surface area (Å²) in [5, 5.41) is 19.2. The van der Waals surface area contributed by atoms with Crippen LogP contribution in [0.2, 0.25) is 0 Å². The number of aromatic hydroxyl groups is 2. The third kappa shape index (κ3) is 1.82. The molecule has 1 aliphatic heterocycles. The molecule has 0 spiro atoms. The summed E-state index contributed by atoms with van der Waals surface area (Å²) >= 11 is 0. The maximum Gasteiger partial charge on any atom is 0.133 e. The maximum absolute atomic E-state index is 9.73. The first-order chi connectivity index (χ1) is 9.54. The van der Waals surface area contributed by atoms with Gasteiger partial charge in [0.1, 0.15) is 23.4 Å². The molecule has 2 atom stereocenters. The van der Waals surface area contributed by atoms with Gasteiger partial charge in [-0.3, -0.25) is 0 Å². The Kier molecular flexibility index (Phi) is 2.85. The van der Waals surface area contributed by atoms with Crippen molar-refractivity contribution in [3.8, 4) is 17.2 Å². The molecule has 0 aromatic heterocycles. The lowest BCUT2D eigenvalue weighted by Crippen LogP contribution is -2.27. The second-order valence-electron chi connectivity index (χ2n) is 5.54. The van der Waals surface area contributed by atoms with Crippen LogP contribution in [0.25, 0.3) is 0 Å². The molecule has 20 heavy (non-hydrogen) atoms. The zero-order chi connectivity index (χ0) is 14.3. The van der Waals surface area contributed by atoms with E-state index in [1.165, 1.54) is 0 Å². The van der Waals surface area contributed by atoms with E-state index in [4.69, 9.17) is 4.74 Å². The number of rotatable bonds is 2. The zero-order valence-corrected chi connectivity index (χ0v) is 11.6. The van der Waals surface area contributed by atoms with Crippen molar-refractivity contribution in [1.29, 1.82) is 0 Å². The third-order valence-corrected chi connectivity index (χ3v) is 4.33. The summed E-state index contributed by atoms with van der Waals surface area (Å²) in [5.74, 6) is 1.34. The van der Waals surface area contributed by atoms with Crippen LogP contribution < -0.4 is 4.74 Å². The average Bonchev–Trinajstić information content (AvgIpc) is 2.74. The predicted octanol–water partition coefficient (Wildman–Crippen LogP) is 3.90. The minimum atomic E-state index is -0.189. The molecular weight excluding hydrogens is 252 g/mol. The Balaban J connectivity index is 2.08. The van der Waals surface area contributed by atoms with E-state index in [0.29, 0.717) is 0 Å². The molecule has 2 aromatic carbocycles. The first kappa shape index (κ1) is 12.9. The molecule has 1 aliphatic rings. The monoisotopic (exact) mass is 270 g/mol. The summed E-state index contributed by atoms with van der Waals surface area (Å²) in [6.07, 6.45) is 0.791. The van der Waals surface area contributed by atoms with Gasteiger partial charge >= 0.3 is 0 Å². The van der Waals surface area contributed by atoms with Gasteiger partial charge in [-0.15, -0.1) is 0 Å². The van der Waals surface area contributed by atoms with Gasteiger partial charge in [0.05, 0.1) is 0 Å². The first-order valence-corrected chi connectivity index (χ1v) is 6.83. The number of hydrogen-bond donors (Lipinski definition) is 2. The van der Waals surface area contributed by atoms with Gasteiger partial charge in [0.25, 0.3) is 0 Å². The minimum absolute atomic E-state index is 0.107. The summed E-state index contributed by atoms with van der Waals surface area (Å²) in [4.78, 5) is 0. The molecule has 1 heterocycles. The van der Waals surface area contributed by atoms with E-state index in [0.717, 1.165) is 23.3 Å². The van der Waals surface area contributed by atoms with Gasteiger partial charge in [-0.1, -0.05) is 26.0 Å². The fourth-order valence-corrected chi connectivity index (χ4v) is 2.93. The van der Waals surface area contributed by atoms with Crippen LogP contribution in [0, 0.1) is 0 Å². The molecule has 2 unspecified atom stereocenters. The fourth-order valence-electron chi connectivity index (χ4n) is 2.93. The predicted molar refractivity (Wildman–Crippen MR) is 77.2 cm³/mol. The Hall–Kier alpha value is -2.16. The Morgan fingerprint density at radius 2 is 1.70 bits per heavy atom. The second-order valence-corrected chi connectivity index (χ2v) is 5.54. The van der Waals surface area contributed by atoms with Gasteiger partial charge in [0.15, 0.2) is 0 Å². The molecule has 0 saturated carbocycles. The van der Waals surface area contributed by atoms with Crippen molar-refractivity contribution in [3.63, 3.8) is 0 Å². The molecule has 3 rings (SSSR count). The topological polar surface area (TPSA) is 49.7 Å². The van der Waals surface area contributed by atoms with E-state index in [9.17, 15) is 10.2 Å². The number of ether oxygens (including phenoxy) is 1. The van der Waals surface area contributed by atoms with Crippen LogP contribution in [0.5, 0.6) is 17.2 Å². The summed E-state index contributed by atoms with van der Waals surface area (Å²) in [7, 11) is 0. The molecule has 0 aliphatic carbocycles. The number of fused-ring (bicyclic) bond motifs is 1. The molecule has 0 amide bonds. The minimum Gasteiger partial charge on any atom is -0.508 e. The van der Waals surface area contributed by atoms with Gasteiger partial charge < -0.3 is 14.9 Å². The highest BCUT2D eigenvalue weighted by Gasteiger charge is 2.44. The molecule has 104 valence electrons. The van der Waals surface area contributed by atoms with Gasteiger partial charge in [0.2, 0.25) is 0 Å². The average molecular weight is 270 g/mol. The maximum atomic E-state index is 9.73. The van der Waals surface area contributed by atoms with Gasteiger partial charge in [-0.2, -0.15) is 0 Å². The van der Waals surface area contributed by atoms with Crippen molar-refractivity contribution in [2.75, 3.05) is 0 Å². The van der Waals surface area contributed by atoms with Crippen LogP contribution in [0.1, 0.15) is 37.5 Å². The highest BCUT2D eigenvalue weighted by Crippen LogP contribution is 2.52. The van der Waals surface area contributed by atoms with Crippen molar-refractivity contribution in [2.45, 2.75) is 31.8 Å². The Morgan fingerprint density at radius 1 is 1.05 bits per heavy atom. The Bertz CT molecular complexity index is 633. The molecule has 0 saturated heterocycles. The molecule has 0 bridgehead atoms. The van der Waals surface area contributed by atoms with E-state index in [1.54, 1.807) is 24.3 Å². The third-order valence-electron chi connectivity index (χ3n) is 4.33. The molecule has 0 radical (unpaired) electrons. The van der Waals surface area contributed by atoms with Crippen LogP contribution in [0.4, 0.5) is 0 Å². The quantitative estimate of drug-likeness (QED) is 0.870. The molecular formula is C17H18O3. The van der Waals surface area contributed by atoms with Gasteiger partial charge in [0, 0.05) is 11.0 Å². The lowest BCUT2D eigenvalue weighted by atomic mass is 9.74. The molecule has 2 aromatic rings. The smallest absolute Gasteiger partial charge is 0.133 e. The lowest BCUT2D eigenvalue weighted by molar-refractivity contribution is 0.154. The Labute approximate surface area is 118 Å². The van der Waals surface area contributed by atoms with E-state index < -0.39 is 0 Å². The summed E-state index contributed by atoms with van der Waals surface area (Å²) in [5.41, 5.74) is 1.88. The van der Waals surface area contributed by atoms with Gasteiger partial charge in [-0.25, -0.2) is 0 Å². The highest BCUT2D eigenvalue weighted by molar-refractivity contribution is 5.50. The van der Waals surface area contributed by atoms with Crippen molar-refractivity contribution < 1.29 is 14.9 Å². The number of phenols is 2. The molecule has 2 N–H and O–H groups in total. The van der Waals surface area contributed by atoms with E-state index >= 15 is 0 Å². The van der Waals surface area contributed by atoms with Crippen LogP contribution in [-0.4, -0.2) is 10.2 Å². The molecule has 3 heteroatoms. The molecule has 0 fully saturated rings. The van der Waals surface area contributed by atoms with Crippen LogP contribution >= 0.6 is 0 Å². The normalized spacial score (nSPS) is 24.2. The van der Waals surface area contributed by atoms with Crippen molar-refractivity contribution in [3.05, 3.63) is 53.6 Å². The van der Waals surface area contributed by atoms with Crippen LogP contribution in [0.15, 0.2) is 42.5 Å². The van der Waals surface area contributed by atoms with Crippen LogP contribution in [-0.2, 0) is 5.41 Å². The van der Waals surface area contributed by atoms with E-state index in [-0.39, 0.29) is 23.0 Å². The highest BCUT2D eigenvalue weighted by atomic mass is 16.5. The number of benzene rings is 2. The van der Waals surface area contributed by atoms with Gasteiger partial charge in [-0.05, 0) is 42.3 Å². The zero-order valence-electron chi connectivity index (χ0n) is 11.6. The second kappa shape index (κ2) is 4.44. The van der Waals surface area contributed by atoms with Crippen molar-refractivity contribution >= 4 is 0 Å². The standard InChI is InChI=1S/C17H18O3/c1-3-17(2)14-10-13(19)8-9-15(14)20-16(17)11-4-6-12(18)7-5-11/h4-10,16,18-19H,3H2,1-2H3. The first-order valence-electron chi connectivity index (χ1n) is 6.83. The Morgan fingerprint density at radius 3 is 2.35 bits per heavy atom. The molecule has 3 nitrogen and oxygen atoms in total. The number of hydrogen-bond acceptors (Lipinski definition) is 3. The largest absolute Gasteiger partial charge is 0.508 e. The number of phenolic OH excluding ortho intramolecular Hbond substituents is 2. The van der Waals surface area contributed by atoms with E-state index in [1.807, 2.05) is 18.2 Å². The lowest BCUT2D eigenvalue weighted by Gasteiger charge is -2.29. The van der Waals surface area contributed by atoms with Crippen LogP contribution in [0.3, 0.4) is 0 Å². The summed E-state index contributed by atoms with van der Waals surface area (Å²) < 4.78 is 6.10. The fraction of sp³-hybridized carbons (Fsp3) is 0.294. The van der Waals surface area contributed by atoms with Crippen molar-refractivity contribution in [1.82, 2.24) is 0 Å².